The molecule has 0 aliphatic carbocycles. The quantitative estimate of drug-likeness (QED) is 0.852. The zero-order chi connectivity index (χ0) is 15.4. The van der Waals surface area contributed by atoms with Crippen molar-refractivity contribution in [3.8, 4) is 5.75 Å². The molecule has 110 valence electrons. The molecule has 1 amide bonds. The fraction of sp³-hybridized carbons (Fsp3) is 0.133. The van der Waals surface area contributed by atoms with Crippen LogP contribution in [-0.4, -0.2) is 13.0 Å². The summed E-state index contributed by atoms with van der Waals surface area (Å²) in [5, 5.41) is 2.83. The van der Waals surface area contributed by atoms with Gasteiger partial charge in [0, 0.05) is 16.7 Å². The number of carbonyl (C=O) groups is 1. The van der Waals surface area contributed by atoms with Gasteiger partial charge < -0.3 is 15.8 Å². The topological polar surface area (TPSA) is 64.3 Å². The Morgan fingerprint density at radius 2 is 2.14 bits per heavy atom. The third kappa shape index (κ3) is 3.64. The van der Waals surface area contributed by atoms with Gasteiger partial charge >= 0.3 is 0 Å². The van der Waals surface area contributed by atoms with Gasteiger partial charge in [-0.15, -0.1) is 0 Å². The van der Waals surface area contributed by atoms with Crippen LogP contribution in [0.5, 0.6) is 5.75 Å². The number of benzene rings is 2. The lowest BCUT2D eigenvalue weighted by molar-refractivity contribution is -0.115. The van der Waals surface area contributed by atoms with E-state index in [1.807, 2.05) is 0 Å². The first kappa shape index (κ1) is 15.1. The van der Waals surface area contributed by atoms with Crippen LogP contribution in [0, 0.1) is 5.82 Å². The summed E-state index contributed by atoms with van der Waals surface area (Å²) >= 11 is 5.89. The van der Waals surface area contributed by atoms with Crippen molar-refractivity contribution in [2.24, 2.45) is 0 Å². The van der Waals surface area contributed by atoms with Gasteiger partial charge in [-0.05, 0) is 24.3 Å². The monoisotopic (exact) mass is 308 g/mol. The lowest BCUT2D eigenvalue weighted by Gasteiger charge is -2.11. The lowest BCUT2D eigenvalue weighted by atomic mass is 10.1. The normalized spacial score (nSPS) is 10.2. The molecule has 0 unspecified atom stereocenters. The molecule has 0 bridgehead atoms. The number of anilines is 2. The number of hydrogen-bond donors (Lipinski definition) is 2. The highest BCUT2D eigenvalue weighted by Crippen LogP contribution is 2.25. The SMILES string of the molecule is COc1ccc(N)c(NC(=O)Cc2c(F)cccc2Cl)c1. The van der Waals surface area contributed by atoms with Crippen LogP contribution in [-0.2, 0) is 11.2 Å². The van der Waals surface area contributed by atoms with Crippen molar-refractivity contribution in [1.29, 1.82) is 0 Å². The zero-order valence-corrected chi connectivity index (χ0v) is 12.1. The van der Waals surface area contributed by atoms with E-state index in [2.05, 4.69) is 5.32 Å². The predicted molar refractivity (Wildman–Crippen MR) is 81.2 cm³/mol. The maximum atomic E-state index is 13.6. The number of nitrogens with two attached hydrogens (primary N) is 1. The second-order valence-electron chi connectivity index (χ2n) is 4.38. The summed E-state index contributed by atoms with van der Waals surface area (Å²) in [5.41, 5.74) is 6.73. The molecule has 0 atom stereocenters. The number of halogens is 2. The smallest absolute Gasteiger partial charge is 0.229 e. The maximum Gasteiger partial charge on any atom is 0.229 e. The third-order valence-electron chi connectivity index (χ3n) is 2.93. The Bertz CT molecular complexity index is 656. The summed E-state index contributed by atoms with van der Waals surface area (Å²) in [6, 6.07) is 9.17. The molecular weight excluding hydrogens is 295 g/mol. The number of ether oxygens (including phenoxy) is 1. The van der Waals surface area contributed by atoms with E-state index in [9.17, 15) is 9.18 Å². The molecule has 0 heterocycles. The molecule has 3 N–H and O–H groups in total. The van der Waals surface area contributed by atoms with E-state index in [0.717, 1.165) is 0 Å². The Labute approximate surface area is 126 Å². The number of nitrogen functional groups attached to an aromatic ring is 1. The third-order valence-corrected chi connectivity index (χ3v) is 3.29. The van der Waals surface area contributed by atoms with Crippen molar-refractivity contribution in [3.05, 3.63) is 52.8 Å². The van der Waals surface area contributed by atoms with Gasteiger partial charge in [-0.3, -0.25) is 4.79 Å². The first-order chi connectivity index (χ1) is 10.0. The van der Waals surface area contributed by atoms with Gasteiger partial charge in [0.1, 0.15) is 11.6 Å². The Morgan fingerprint density at radius 1 is 1.38 bits per heavy atom. The molecule has 21 heavy (non-hydrogen) atoms. The lowest BCUT2D eigenvalue weighted by Crippen LogP contribution is -2.16. The molecule has 0 saturated heterocycles. The molecule has 2 aromatic rings. The molecule has 2 aromatic carbocycles. The molecule has 0 aromatic heterocycles. The summed E-state index contributed by atoms with van der Waals surface area (Å²) in [5.74, 6) is -0.373. The molecule has 4 nitrogen and oxygen atoms in total. The highest BCUT2D eigenvalue weighted by atomic mass is 35.5. The van der Waals surface area contributed by atoms with Gasteiger partial charge in [0.15, 0.2) is 0 Å². The van der Waals surface area contributed by atoms with E-state index in [-0.39, 0.29) is 17.0 Å². The number of carbonyl (C=O) groups excluding carboxylic acids is 1. The van der Waals surface area contributed by atoms with Crippen LogP contribution in [0.25, 0.3) is 0 Å². The second-order valence-corrected chi connectivity index (χ2v) is 4.79. The molecular formula is C15H14ClFN2O2. The summed E-state index contributed by atoms with van der Waals surface area (Å²) in [7, 11) is 1.51. The molecule has 0 radical (unpaired) electrons. The van der Waals surface area contributed by atoms with Crippen molar-refractivity contribution in [2.45, 2.75) is 6.42 Å². The Balaban J connectivity index is 2.15. The van der Waals surface area contributed by atoms with E-state index < -0.39 is 11.7 Å². The van der Waals surface area contributed by atoms with Gasteiger partial charge in [-0.25, -0.2) is 4.39 Å². The summed E-state index contributed by atoms with van der Waals surface area (Å²) < 4.78 is 18.7. The minimum atomic E-state index is -0.517. The van der Waals surface area contributed by atoms with Crippen LogP contribution in [0.2, 0.25) is 5.02 Å². The van der Waals surface area contributed by atoms with Crippen LogP contribution >= 0.6 is 11.6 Å². The standard InChI is InChI=1S/C15H14ClFN2O2/c1-21-9-5-6-13(18)14(7-9)19-15(20)8-10-11(16)3-2-4-12(10)17/h2-7H,8,18H2,1H3,(H,19,20). The molecule has 6 heteroatoms. The van der Waals surface area contributed by atoms with Crippen molar-refractivity contribution in [2.75, 3.05) is 18.2 Å². The molecule has 0 aliphatic rings. The minimum Gasteiger partial charge on any atom is -0.497 e. The van der Waals surface area contributed by atoms with Crippen molar-refractivity contribution in [1.82, 2.24) is 0 Å². The minimum absolute atomic E-state index is 0.151. The number of amides is 1. The van der Waals surface area contributed by atoms with Crippen LogP contribution in [0.4, 0.5) is 15.8 Å². The van der Waals surface area contributed by atoms with Gasteiger partial charge in [0.2, 0.25) is 5.91 Å². The Morgan fingerprint density at radius 3 is 2.81 bits per heavy atom. The largest absolute Gasteiger partial charge is 0.497 e. The highest BCUT2D eigenvalue weighted by molar-refractivity contribution is 6.31. The zero-order valence-electron chi connectivity index (χ0n) is 11.3. The number of hydrogen-bond acceptors (Lipinski definition) is 3. The fourth-order valence-electron chi connectivity index (χ4n) is 1.83. The number of rotatable bonds is 4. The van der Waals surface area contributed by atoms with Crippen molar-refractivity contribution >= 4 is 28.9 Å². The van der Waals surface area contributed by atoms with Gasteiger partial charge in [-0.2, -0.15) is 0 Å². The molecule has 0 aliphatic heterocycles. The Hall–Kier alpha value is -2.27. The summed E-state index contributed by atoms with van der Waals surface area (Å²) in [6.07, 6.45) is -0.178. The molecule has 2 rings (SSSR count). The fourth-order valence-corrected chi connectivity index (χ4v) is 2.06. The van der Waals surface area contributed by atoms with Gasteiger partial charge in [-0.1, -0.05) is 17.7 Å². The average molecular weight is 309 g/mol. The van der Waals surface area contributed by atoms with Crippen LogP contribution in [0.1, 0.15) is 5.56 Å². The van der Waals surface area contributed by atoms with Crippen LogP contribution < -0.4 is 15.8 Å². The van der Waals surface area contributed by atoms with Crippen molar-refractivity contribution < 1.29 is 13.9 Å². The van der Waals surface area contributed by atoms with E-state index in [4.69, 9.17) is 22.1 Å². The molecule has 0 saturated carbocycles. The average Bonchev–Trinajstić information content (AvgIpc) is 2.45. The van der Waals surface area contributed by atoms with Crippen LogP contribution in [0.3, 0.4) is 0 Å². The van der Waals surface area contributed by atoms with E-state index in [1.165, 1.54) is 25.3 Å². The summed E-state index contributed by atoms with van der Waals surface area (Å²) in [6.45, 7) is 0. The second kappa shape index (κ2) is 6.45. The van der Waals surface area contributed by atoms with E-state index in [0.29, 0.717) is 17.1 Å². The van der Waals surface area contributed by atoms with Gasteiger partial charge in [0.05, 0.1) is 24.9 Å². The highest BCUT2D eigenvalue weighted by Gasteiger charge is 2.13. The molecule has 0 fully saturated rings. The first-order valence-electron chi connectivity index (χ1n) is 6.17. The predicted octanol–water partition coefficient (Wildman–Crippen LogP) is 3.25. The van der Waals surface area contributed by atoms with E-state index in [1.54, 1.807) is 18.2 Å². The Kier molecular flexibility index (Phi) is 4.65. The number of methoxy groups -OCH3 is 1. The van der Waals surface area contributed by atoms with Crippen LogP contribution in [0.15, 0.2) is 36.4 Å². The number of nitrogens with one attached hydrogen (secondary N) is 1. The summed E-state index contributed by atoms with van der Waals surface area (Å²) in [4.78, 5) is 12.0. The van der Waals surface area contributed by atoms with E-state index >= 15 is 0 Å². The van der Waals surface area contributed by atoms with Gasteiger partial charge in [0.25, 0.3) is 0 Å². The maximum absolute atomic E-state index is 13.6. The first-order valence-corrected chi connectivity index (χ1v) is 6.55. The van der Waals surface area contributed by atoms with Crippen molar-refractivity contribution in [3.63, 3.8) is 0 Å². The molecule has 0 spiro atoms.